The highest BCUT2D eigenvalue weighted by Gasteiger charge is 2.13. The summed E-state index contributed by atoms with van der Waals surface area (Å²) in [6, 6.07) is 7.47. The maximum atomic E-state index is 10.8. The van der Waals surface area contributed by atoms with Gasteiger partial charge in [0.25, 0.3) is 0 Å². The zero-order valence-corrected chi connectivity index (χ0v) is 10.9. The van der Waals surface area contributed by atoms with Crippen LogP contribution in [0, 0.1) is 6.92 Å². The van der Waals surface area contributed by atoms with Crippen LogP contribution in [-0.2, 0) is 11.2 Å². The van der Waals surface area contributed by atoms with E-state index in [9.17, 15) is 4.79 Å². The molecule has 100 valence electrons. The number of aromatic amines is 1. The number of imidazole rings is 1. The predicted octanol–water partition coefficient (Wildman–Crippen LogP) is 2.41. The van der Waals surface area contributed by atoms with E-state index < -0.39 is 5.97 Å². The largest absolute Gasteiger partial charge is 0.494 e. The Kier molecular flexibility index (Phi) is 3.85. The van der Waals surface area contributed by atoms with Gasteiger partial charge in [0.2, 0.25) is 0 Å². The maximum absolute atomic E-state index is 10.8. The SMILES string of the molecule is CCOc1ccc(-c2nc(C)[nH]c2CC(=O)O)cc1. The summed E-state index contributed by atoms with van der Waals surface area (Å²) in [6.45, 7) is 4.35. The van der Waals surface area contributed by atoms with Gasteiger partial charge in [0.1, 0.15) is 11.6 Å². The first-order chi connectivity index (χ1) is 9.10. The Balaban J connectivity index is 2.32. The number of nitrogens with zero attached hydrogens (tertiary/aromatic N) is 1. The quantitative estimate of drug-likeness (QED) is 0.865. The molecule has 5 heteroatoms. The van der Waals surface area contributed by atoms with Crippen molar-refractivity contribution in [1.29, 1.82) is 0 Å². The van der Waals surface area contributed by atoms with Gasteiger partial charge in [-0.2, -0.15) is 0 Å². The minimum Gasteiger partial charge on any atom is -0.494 e. The number of aryl methyl sites for hydroxylation is 1. The molecule has 0 aliphatic rings. The number of aliphatic carboxylic acids is 1. The van der Waals surface area contributed by atoms with Gasteiger partial charge >= 0.3 is 5.97 Å². The van der Waals surface area contributed by atoms with Crippen molar-refractivity contribution in [3.63, 3.8) is 0 Å². The van der Waals surface area contributed by atoms with Gasteiger partial charge in [-0.05, 0) is 38.1 Å². The van der Waals surface area contributed by atoms with Crippen LogP contribution in [0.2, 0.25) is 0 Å². The highest BCUT2D eigenvalue weighted by molar-refractivity contribution is 5.74. The van der Waals surface area contributed by atoms with Crippen LogP contribution in [0.5, 0.6) is 5.75 Å². The van der Waals surface area contributed by atoms with Gasteiger partial charge in [-0.3, -0.25) is 4.79 Å². The van der Waals surface area contributed by atoms with Gasteiger partial charge in [0.15, 0.2) is 0 Å². The number of ether oxygens (including phenoxy) is 1. The summed E-state index contributed by atoms with van der Waals surface area (Å²) in [6.07, 6.45) is -0.0661. The highest BCUT2D eigenvalue weighted by Crippen LogP contribution is 2.24. The lowest BCUT2D eigenvalue weighted by Gasteiger charge is -2.04. The smallest absolute Gasteiger partial charge is 0.309 e. The molecule has 0 unspecified atom stereocenters. The fourth-order valence-corrected chi connectivity index (χ4v) is 1.93. The van der Waals surface area contributed by atoms with E-state index in [-0.39, 0.29) is 6.42 Å². The van der Waals surface area contributed by atoms with Gasteiger partial charge in [-0.25, -0.2) is 4.98 Å². The van der Waals surface area contributed by atoms with Crippen molar-refractivity contribution in [3.05, 3.63) is 35.8 Å². The first-order valence-electron chi connectivity index (χ1n) is 6.10. The Bertz CT molecular complexity index is 573. The molecule has 0 saturated carbocycles. The second-order valence-corrected chi connectivity index (χ2v) is 4.18. The molecule has 2 aromatic rings. The molecule has 0 bridgehead atoms. The van der Waals surface area contributed by atoms with Crippen LogP contribution in [0.3, 0.4) is 0 Å². The lowest BCUT2D eigenvalue weighted by Crippen LogP contribution is -2.02. The summed E-state index contributed by atoms with van der Waals surface area (Å²) < 4.78 is 5.37. The molecule has 0 aliphatic carbocycles. The van der Waals surface area contributed by atoms with E-state index in [1.54, 1.807) is 0 Å². The third kappa shape index (κ3) is 3.13. The Labute approximate surface area is 111 Å². The number of carboxylic acids is 1. The van der Waals surface area contributed by atoms with Gasteiger partial charge < -0.3 is 14.8 Å². The zero-order chi connectivity index (χ0) is 13.8. The average Bonchev–Trinajstić information content (AvgIpc) is 2.71. The van der Waals surface area contributed by atoms with E-state index in [1.165, 1.54) is 0 Å². The Hall–Kier alpha value is -2.30. The molecule has 2 N–H and O–H groups in total. The van der Waals surface area contributed by atoms with Gasteiger partial charge in [-0.15, -0.1) is 0 Å². The molecule has 1 heterocycles. The Morgan fingerprint density at radius 3 is 2.63 bits per heavy atom. The van der Waals surface area contributed by atoms with Gasteiger partial charge in [0, 0.05) is 5.56 Å². The molecule has 19 heavy (non-hydrogen) atoms. The molecule has 0 amide bonds. The number of rotatable bonds is 5. The molecule has 1 aromatic carbocycles. The Morgan fingerprint density at radius 1 is 1.37 bits per heavy atom. The van der Waals surface area contributed by atoms with Gasteiger partial charge in [-0.1, -0.05) is 0 Å². The monoisotopic (exact) mass is 260 g/mol. The van der Waals surface area contributed by atoms with Crippen molar-refractivity contribution in [3.8, 4) is 17.0 Å². The molecule has 0 saturated heterocycles. The number of hydrogen-bond donors (Lipinski definition) is 2. The highest BCUT2D eigenvalue weighted by atomic mass is 16.5. The summed E-state index contributed by atoms with van der Waals surface area (Å²) in [5.41, 5.74) is 2.18. The van der Waals surface area contributed by atoms with Crippen molar-refractivity contribution in [2.75, 3.05) is 6.61 Å². The van der Waals surface area contributed by atoms with Crippen molar-refractivity contribution in [2.24, 2.45) is 0 Å². The summed E-state index contributed by atoms with van der Waals surface area (Å²) in [4.78, 5) is 18.2. The molecule has 1 aromatic heterocycles. The van der Waals surface area contributed by atoms with Crippen molar-refractivity contribution >= 4 is 5.97 Å². The number of nitrogens with one attached hydrogen (secondary N) is 1. The molecule has 0 aliphatic heterocycles. The third-order valence-corrected chi connectivity index (χ3v) is 2.66. The summed E-state index contributed by atoms with van der Waals surface area (Å²) in [5, 5.41) is 8.89. The van der Waals surface area contributed by atoms with E-state index in [4.69, 9.17) is 9.84 Å². The fourth-order valence-electron chi connectivity index (χ4n) is 1.93. The number of aromatic nitrogens is 2. The maximum Gasteiger partial charge on any atom is 0.309 e. The van der Waals surface area contributed by atoms with Crippen molar-refractivity contribution in [2.45, 2.75) is 20.3 Å². The van der Waals surface area contributed by atoms with E-state index in [1.807, 2.05) is 38.1 Å². The fraction of sp³-hybridized carbons (Fsp3) is 0.286. The summed E-state index contributed by atoms with van der Waals surface area (Å²) in [5.74, 6) is 0.620. The van der Waals surface area contributed by atoms with Crippen LogP contribution in [0.15, 0.2) is 24.3 Å². The average molecular weight is 260 g/mol. The van der Waals surface area contributed by atoms with E-state index >= 15 is 0 Å². The topological polar surface area (TPSA) is 75.2 Å². The summed E-state index contributed by atoms with van der Waals surface area (Å²) >= 11 is 0. The predicted molar refractivity (Wildman–Crippen MR) is 71.3 cm³/mol. The zero-order valence-electron chi connectivity index (χ0n) is 10.9. The lowest BCUT2D eigenvalue weighted by atomic mass is 10.1. The Morgan fingerprint density at radius 2 is 2.05 bits per heavy atom. The third-order valence-electron chi connectivity index (χ3n) is 2.66. The second-order valence-electron chi connectivity index (χ2n) is 4.18. The molecule has 5 nitrogen and oxygen atoms in total. The first kappa shape index (κ1) is 13.1. The first-order valence-corrected chi connectivity index (χ1v) is 6.10. The van der Waals surface area contributed by atoms with Crippen LogP contribution >= 0.6 is 0 Å². The molecule has 0 radical (unpaired) electrons. The van der Waals surface area contributed by atoms with Crippen LogP contribution in [0.1, 0.15) is 18.4 Å². The van der Waals surface area contributed by atoms with Crippen LogP contribution < -0.4 is 4.74 Å². The van der Waals surface area contributed by atoms with Crippen molar-refractivity contribution in [1.82, 2.24) is 9.97 Å². The lowest BCUT2D eigenvalue weighted by molar-refractivity contribution is -0.136. The second kappa shape index (κ2) is 5.56. The molecule has 0 spiro atoms. The van der Waals surface area contributed by atoms with Gasteiger partial charge in [0.05, 0.1) is 24.4 Å². The summed E-state index contributed by atoms with van der Waals surface area (Å²) in [7, 11) is 0. The van der Waals surface area contributed by atoms with Crippen LogP contribution in [0.4, 0.5) is 0 Å². The number of carboxylic acid groups (broad SMARTS) is 1. The van der Waals surface area contributed by atoms with Crippen molar-refractivity contribution < 1.29 is 14.6 Å². The number of H-pyrrole nitrogens is 1. The molecule has 2 rings (SSSR count). The minimum absolute atomic E-state index is 0.0661. The normalized spacial score (nSPS) is 10.4. The van der Waals surface area contributed by atoms with E-state index in [0.717, 1.165) is 11.3 Å². The number of benzene rings is 1. The van der Waals surface area contributed by atoms with Crippen LogP contribution in [0.25, 0.3) is 11.3 Å². The molecule has 0 atom stereocenters. The van der Waals surface area contributed by atoms with E-state index in [2.05, 4.69) is 9.97 Å². The minimum atomic E-state index is -0.879. The van der Waals surface area contributed by atoms with E-state index in [0.29, 0.717) is 23.8 Å². The number of carbonyl (C=O) groups is 1. The standard InChI is InChI=1S/C14H16N2O3/c1-3-19-11-6-4-10(5-7-11)14-12(8-13(17)18)15-9(2)16-14/h4-7H,3,8H2,1-2H3,(H,15,16)(H,17,18). The molecular weight excluding hydrogens is 244 g/mol. The molecule has 0 fully saturated rings. The molecular formula is C14H16N2O3. The van der Waals surface area contributed by atoms with Crippen LogP contribution in [-0.4, -0.2) is 27.7 Å². The number of hydrogen-bond acceptors (Lipinski definition) is 3.